The van der Waals surface area contributed by atoms with Crippen molar-refractivity contribution in [2.75, 3.05) is 12.0 Å². The van der Waals surface area contributed by atoms with Gasteiger partial charge < -0.3 is 5.32 Å². The minimum absolute atomic E-state index is 0.0578. The van der Waals surface area contributed by atoms with Crippen molar-refractivity contribution in [2.24, 2.45) is 5.14 Å². The molecule has 1 aliphatic rings. The third kappa shape index (κ3) is 4.40. The van der Waals surface area contributed by atoms with Gasteiger partial charge in [-0.3, -0.25) is 0 Å². The van der Waals surface area contributed by atoms with Crippen LogP contribution in [0.2, 0.25) is 10.0 Å². The van der Waals surface area contributed by atoms with E-state index in [9.17, 15) is 16.8 Å². The fraction of sp³-hybridized carbons (Fsp3) is 0.176. The molecule has 0 saturated heterocycles. The zero-order valence-electron chi connectivity index (χ0n) is 15.7. The Hall–Kier alpha value is -2.22. The molecule has 0 fully saturated rings. The zero-order valence-corrected chi connectivity index (χ0v) is 18.9. The van der Waals surface area contributed by atoms with Gasteiger partial charge in [0.05, 0.1) is 42.4 Å². The monoisotopic (exact) mass is 502 g/mol. The van der Waals surface area contributed by atoms with E-state index in [1.807, 2.05) is 18.2 Å². The molecule has 1 aliphatic heterocycles. The van der Waals surface area contributed by atoms with Gasteiger partial charge in [0.15, 0.2) is 0 Å². The van der Waals surface area contributed by atoms with Crippen LogP contribution in [0.4, 0.5) is 5.69 Å². The van der Waals surface area contributed by atoms with Crippen LogP contribution in [-0.4, -0.2) is 42.8 Å². The fourth-order valence-electron chi connectivity index (χ4n) is 3.11. The van der Waals surface area contributed by atoms with Gasteiger partial charge >= 0.3 is 0 Å². The lowest BCUT2D eigenvalue weighted by Crippen LogP contribution is -2.39. The summed E-state index contributed by atoms with van der Waals surface area (Å²) < 4.78 is 52.3. The van der Waals surface area contributed by atoms with Crippen LogP contribution in [0.15, 0.2) is 52.4 Å². The molecule has 0 aliphatic carbocycles. The average Bonchev–Trinajstić information content (AvgIpc) is 3.12. The molecule has 0 radical (unpaired) electrons. The SMILES string of the molecule is NS(=O)(=O)c1cc2c(cc1Cl)NCN(Cc1cn(Cc3ccccc3Cl)nn1)S2(=O)=O. The first-order chi connectivity index (χ1) is 14.6. The van der Waals surface area contributed by atoms with Crippen LogP contribution in [-0.2, 0) is 33.1 Å². The number of sulfonamides is 2. The molecular formula is C17H16Cl2N6O4S2. The number of anilines is 1. The summed E-state index contributed by atoms with van der Waals surface area (Å²) in [4.78, 5) is -0.707. The molecular weight excluding hydrogens is 487 g/mol. The summed E-state index contributed by atoms with van der Waals surface area (Å²) in [5, 5.41) is 16.5. The Labute approximate surface area is 188 Å². The molecule has 0 bridgehead atoms. The number of halogens is 2. The van der Waals surface area contributed by atoms with Gasteiger partial charge in [-0.05, 0) is 23.8 Å². The Morgan fingerprint density at radius 3 is 2.58 bits per heavy atom. The molecule has 0 spiro atoms. The highest BCUT2D eigenvalue weighted by Gasteiger charge is 2.34. The Balaban J connectivity index is 1.59. The van der Waals surface area contributed by atoms with Gasteiger partial charge in [-0.15, -0.1) is 5.10 Å². The van der Waals surface area contributed by atoms with Gasteiger partial charge in [-0.1, -0.05) is 46.6 Å². The van der Waals surface area contributed by atoms with Crippen molar-refractivity contribution in [1.82, 2.24) is 19.3 Å². The number of nitrogens with two attached hydrogens (primary N) is 1. The Bertz CT molecular complexity index is 1380. The molecule has 3 aromatic rings. The van der Waals surface area contributed by atoms with E-state index >= 15 is 0 Å². The number of nitrogens with one attached hydrogen (secondary N) is 1. The molecule has 4 rings (SSSR count). The van der Waals surface area contributed by atoms with Gasteiger partial charge in [-0.2, -0.15) is 4.31 Å². The molecule has 1 aromatic heterocycles. The number of fused-ring (bicyclic) bond motifs is 1. The summed E-state index contributed by atoms with van der Waals surface area (Å²) in [6.07, 6.45) is 1.62. The predicted molar refractivity (Wildman–Crippen MR) is 115 cm³/mol. The van der Waals surface area contributed by atoms with Gasteiger partial charge in [0.1, 0.15) is 9.79 Å². The fourth-order valence-corrected chi connectivity index (χ4v) is 5.97. The molecule has 0 atom stereocenters. The van der Waals surface area contributed by atoms with Crippen molar-refractivity contribution >= 4 is 48.9 Å². The van der Waals surface area contributed by atoms with E-state index in [1.165, 1.54) is 6.07 Å². The largest absolute Gasteiger partial charge is 0.370 e. The number of hydrogen-bond donors (Lipinski definition) is 2. The predicted octanol–water partition coefficient (Wildman–Crippen LogP) is 1.85. The van der Waals surface area contributed by atoms with E-state index in [1.54, 1.807) is 16.9 Å². The Kier molecular flexibility index (Phi) is 5.70. The number of rotatable bonds is 5. The highest BCUT2D eigenvalue weighted by molar-refractivity contribution is 7.90. The van der Waals surface area contributed by atoms with Crippen molar-refractivity contribution in [2.45, 2.75) is 22.9 Å². The summed E-state index contributed by atoms with van der Waals surface area (Å²) in [5.41, 5.74) is 1.44. The number of aromatic nitrogens is 3. The molecule has 14 heteroatoms. The second kappa shape index (κ2) is 8.04. The number of primary sulfonamides is 1. The number of nitrogens with zero attached hydrogens (tertiary/aromatic N) is 4. The third-order valence-corrected chi connectivity index (χ3v) is 8.19. The maximum absolute atomic E-state index is 13.1. The summed E-state index contributed by atoms with van der Waals surface area (Å²) in [7, 11) is -8.25. The van der Waals surface area contributed by atoms with Crippen LogP contribution < -0.4 is 10.5 Å². The van der Waals surface area contributed by atoms with Crippen LogP contribution in [0.1, 0.15) is 11.3 Å². The molecule has 2 heterocycles. The smallest absolute Gasteiger partial charge is 0.247 e. The average molecular weight is 503 g/mol. The van der Waals surface area contributed by atoms with Crippen LogP contribution in [0, 0.1) is 0 Å². The molecule has 31 heavy (non-hydrogen) atoms. The standard InChI is InChI=1S/C17H16Cl2N6O4S2/c18-13-4-2-1-3-11(13)7-24-8-12(22-23-24)9-25-10-21-15-5-14(19)16(30(20,26)27)6-17(15)31(25,28)29/h1-6,8,21H,7,9-10H2,(H2,20,26,27). The minimum Gasteiger partial charge on any atom is -0.370 e. The van der Waals surface area contributed by atoms with E-state index in [2.05, 4.69) is 15.6 Å². The zero-order chi connectivity index (χ0) is 22.4. The van der Waals surface area contributed by atoms with Crippen molar-refractivity contribution in [1.29, 1.82) is 0 Å². The van der Waals surface area contributed by atoms with Gasteiger partial charge in [0.25, 0.3) is 0 Å². The number of hydrogen-bond acceptors (Lipinski definition) is 7. The van der Waals surface area contributed by atoms with Crippen molar-refractivity contribution < 1.29 is 16.8 Å². The molecule has 0 amide bonds. The highest BCUT2D eigenvalue weighted by Crippen LogP contribution is 2.35. The lowest BCUT2D eigenvalue weighted by molar-refractivity contribution is 0.416. The molecule has 164 valence electrons. The quantitative estimate of drug-likeness (QED) is 0.542. The molecule has 3 N–H and O–H groups in total. The van der Waals surface area contributed by atoms with Crippen molar-refractivity contribution in [3.05, 3.63) is 63.9 Å². The summed E-state index contributed by atoms with van der Waals surface area (Å²) in [5.74, 6) is 0. The van der Waals surface area contributed by atoms with Crippen LogP contribution in [0.25, 0.3) is 0 Å². The maximum Gasteiger partial charge on any atom is 0.247 e. The first-order valence-corrected chi connectivity index (χ1v) is 12.5. The maximum atomic E-state index is 13.1. The lowest BCUT2D eigenvalue weighted by atomic mass is 10.2. The van der Waals surface area contributed by atoms with Crippen molar-refractivity contribution in [3.8, 4) is 0 Å². The second-order valence-corrected chi connectivity index (χ2v) is 11.0. The first kappa shape index (κ1) is 22.0. The van der Waals surface area contributed by atoms with E-state index in [4.69, 9.17) is 28.3 Å². The van der Waals surface area contributed by atoms with Gasteiger partial charge in [0, 0.05) is 5.02 Å². The van der Waals surface area contributed by atoms with E-state index in [0.29, 0.717) is 17.3 Å². The van der Waals surface area contributed by atoms with Crippen molar-refractivity contribution in [3.63, 3.8) is 0 Å². The highest BCUT2D eigenvalue weighted by atomic mass is 35.5. The minimum atomic E-state index is -4.20. The van der Waals surface area contributed by atoms with Gasteiger partial charge in [-0.25, -0.2) is 26.7 Å². The molecule has 0 unspecified atom stereocenters. The van der Waals surface area contributed by atoms with Crippen LogP contribution in [0.5, 0.6) is 0 Å². The third-order valence-electron chi connectivity index (χ3n) is 4.62. The van der Waals surface area contributed by atoms with E-state index < -0.39 is 24.9 Å². The molecule has 0 saturated carbocycles. The molecule has 2 aromatic carbocycles. The topological polar surface area (TPSA) is 140 Å². The van der Waals surface area contributed by atoms with Gasteiger partial charge in [0.2, 0.25) is 20.0 Å². The summed E-state index contributed by atoms with van der Waals surface area (Å²) in [6, 6.07) is 9.47. The summed E-state index contributed by atoms with van der Waals surface area (Å²) in [6.45, 7) is 0.235. The number of benzene rings is 2. The molecule has 10 nitrogen and oxygen atoms in total. The Morgan fingerprint density at radius 2 is 1.87 bits per heavy atom. The second-order valence-electron chi connectivity index (χ2n) is 6.77. The van der Waals surface area contributed by atoms with E-state index in [0.717, 1.165) is 15.9 Å². The normalized spacial score (nSPS) is 16.0. The van der Waals surface area contributed by atoms with Crippen LogP contribution in [0.3, 0.4) is 0 Å². The Morgan fingerprint density at radius 1 is 1.13 bits per heavy atom. The van der Waals surface area contributed by atoms with E-state index in [-0.39, 0.29) is 28.8 Å². The van der Waals surface area contributed by atoms with Crippen LogP contribution >= 0.6 is 23.2 Å². The summed E-state index contributed by atoms with van der Waals surface area (Å²) >= 11 is 12.1. The lowest BCUT2D eigenvalue weighted by Gasteiger charge is -2.29. The first-order valence-electron chi connectivity index (χ1n) is 8.78.